The van der Waals surface area contributed by atoms with Crippen molar-refractivity contribution in [3.05, 3.63) is 48.7 Å². The van der Waals surface area contributed by atoms with Crippen molar-refractivity contribution >= 4 is 40.8 Å². The van der Waals surface area contributed by atoms with E-state index in [4.69, 9.17) is 7.85 Å². The lowest BCUT2D eigenvalue weighted by molar-refractivity contribution is -0.122. The van der Waals surface area contributed by atoms with E-state index in [0.717, 1.165) is 4.90 Å². The summed E-state index contributed by atoms with van der Waals surface area (Å²) in [6.45, 7) is 3.12. The van der Waals surface area contributed by atoms with E-state index in [-0.39, 0.29) is 5.03 Å². The Hall–Kier alpha value is -1.80. The third-order valence-electron chi connectivity index (χ3n) is 3.65. The van der Waals surface area contributed by atoms with Gasteiger partial charge < -0.3 is 5.32 Å². The minimum absolute atomic E-state index is 0.166. The molecule has 0 atom stereocenters. The van der Waals surface area contributed by atoms with Crippen LogP contribution in [0.25, 0.3) is 0 Å². The quantitative estimate of drug-likeness (QED) is 0.450. The van der Waals surface area contributed by atoms with Crippen LogP contribution in [-0.2, 0) is 14.6 Å². The molecule has 1 N–H and O–H groups in total. The molecule has 0 aliphatic heterocycles. The van der Waals surface area contributed by atoms with Crippen LogP contribution in [0.5, 0.6) is 0 Å². The Morgan fingerprint density at radius 3 is 2.48 bits per heavy atom. The maximum absolute atomic E-state index is 12.7. The molecule has 0 aliphatic rings. The fourth-order valence-corrected chi connectivity index (χ4v) is 4.06. The first kappa shape index (κ1) is 19.5. The molecule has 0 saturated heterocycles. The van der Waals surface area contributed by atoms with Gasteiger partial charge in [0.25, 0.3) is 0 Å². The third kappa shape index (κ3) is 4.64. The summed E-state index contributed by atoms with van der Waals surface area (Å²) in [4.78, 5) is 17.3. The van der Waals surface area contributed by atoms with Gasteiger partial charge in [0.2, 0.25) is 15.7 Å². The van der Waals surface area contributed by atoms with Crippen LogP contribution in [-0.4, -0.2) is 44.2 Å². The Bertz CT molecular complexity index is 823. The summed E-state index contributed by atoms with van der Waals surface area (Å²) in [5.41, 5.74) is 0.360. The van der Waals surface area contributed by atoms with E-state index in [9.17, 15) is 13.2 Å². The number of aromatic nitrogens is 1. The van der Waals surface area contributed by atoms with Gasteiger partial charge in [-0.05, 0) is 32.0 Å². The second-order valence-corrected chi connectivity index (χ2v) is 9.48. The van der Waals surface area contributed by atoms with Gasteiger partial charge in [0.1, 0.15) is 7.85 Å². The molecular weight excluding hydrogens is 355 g/mol. The number of hydrogen-bond acceptors (Lipinski definition) is 5. The van der Waals surface area contributed by atoms with Gasteiger partial charge in [0.15, 0.2) is 9.77 Å². The molecule has 1 amide bonds. The molecule has 25 heavy (non-hydrogen) atoms. The van der Waals surface area contributed by atoms with Crippen molar-refractivity contribution in [1.29, 1.82) is 0 Å². The number of sulfone groups is 1. The smallest absolute Gasteiger partial charge is 0.241 e. The van der Waals surface area contributed by atoms with Crippen molar-refractivity contribution < 1.29 is 13.2 Å². The number of amides is 1. The van der Waals surface area contributed by atoms with Crippen molar-refractivity contribution in [2.75, 3.05) is 12.3 Å². The summed E-state index contributed by atoms with van der Waals surface area (Å²) in [6, 6.07) is 12.5. The first-order chi connectivity index (χ1) is 11.7. The van der Waals surface area contributed by atoms with Crippen molar-refractivity contribution in [2.24, 2.45) is 0 Å². The number of rotatable bonds is 7. The Balaban J connectivity index is 1.98. The molecule has 0 aliphatic carbocycles. The molecule has 130 valence electrons. The number of carbonyl (C=O) groups excluding carboxylic acids is 1. The average Bonchev–Trinajstić information content (AvgIpc) is 2.59. The van der Waals surface area contributed by atoms with Crippen molar-refractivity contribution in [3.63, 3.8) is 0 Å². The van der Waals surface area contributed by atoms with E-state index in [2.05, 4.69) is 10.3 Å². The number of hydrogen-bond donors (Lipinski definition) is 1. The van der Waals surface area contributed by atoms with Crippen LogP contribution in [0, 0.1) is 0 Å². The molecule has 0 bridgehead atoms. The SMILES string of the molecule is [B]c1ccc(S(=O)(=O)C(C)(C)C(=O)NCCSc2ccccc2)nc1. The van der Waals surface area contributed by atoms with Crippen LogP contribution in [0.1, 0.15) is 13.8 Å². The second kappa shape index (κ2) is 8.06. The van der Waals surface area contributed by atoms with E-state index in [1.54, 1.807) is 11.8 Å². The number of nitrogens with one attached hydrogen (secondary N) is 1. The van der Waals surface area contributed by atoms with Crippen molar-refractivity contribution in [1.82, 2.24) is 10.3 Å². The molecule has 0 spiro atoms. The summed E-state index contributed by atoms with van der Waals surface area (Å²) in [6.07, 6.45) is 1.26. The normalized spacial score (nSPS) is 11.9. The largest absolute Gasteiger partial charge is 0.354 e. The van der Waals surface area contributed by atoms with E-state index in [1.165, 1.54) is 32.2 Å². The van der Waals surface area contributed by atoms with Crippen LogP contribution < -0.4 is 10.8 Å². The van der Waals surface area contributed by atoms with Gasteiger partial charge in [0, 0.05) is 23.4 Å². The van der Waals surface area contributed by atoms with E-state index in [0.29, 0.717) is 17.8 Å². The number of pyridine rings is 1. The fraction of sp³-hybridized carbons (Fsp3) is 0.294. The molecule has 2 radical (unpaired) electrons. The summed E-state index contributed by atoms with van der Waals surface area (Å²) in [5.74, 6) is 0.0891. The highest BCUT2D eigenvalue weighted by molar-refractivity contribution is 7.99. The molecule has 5 nitrogen and oxygen atoms in total. The Morgan fingerprint density at radius 1 is 1.20 bits per heavy atom. The maximum Gasteiger partial charge on any atom is 0.241 e. The van der Waals surface area contributed by atoms with Crippen LogP contribution in [0.3, 0.4) is 0 Å². The monoisotopic (exact) mass is 374 g/mol. The van der Waals surface area contributed by atoms with Gasteiger partial charge in [-0.2, -0.15) is 0 Å². The number of thioether (sulfide) groups is 1. The number of benzene rings is 1. The Labute approximate surface area is 154 Å². The molecule has 0 fully saturated rings. The summed E-state index contributed by atoms with van der Waals surface area (Å²) in [7, 11) is 1.60. The molecule has 1 aromatic heterocycles. The minimum atomic E-state index is -3.93. The van der Waals surface area contributed by atoms with E-state index >= 15 is 0 Å². The lowest BCUT2D eigenvalue weighted by atomic mass is 9.99. The van der Waals surface area contributed by atoms with Crippen molar-refractivity contribution in [3.8, 4) is 0 Å². The average molecular weight is 374 g/mol. The number of nitrogens with zero attached hydrogens (tertiary/aromatic N) is 1. The molecular formula is C17H19BN2O3S2. The van der Waals surface area contributed by atoms with Crippen LogP contribution in [0.15, 0.2) is 58.6 Å². The first-order valence-corrected chi connectivity index (χ1v) is 10.1. The molecule has 1 heterocycles. The van der Waals surface area contributed by atoms with Gasteiger partial charge in [0.05, 0.1) is 0 Å². The third-order valence-corrected chi connectivity index (χ3v) is 6.99. The minimum Gasteiger partial charge on any atom is -0.354 e. The molecule has 0 unspecified atom stereocenters. The van der Waals surface area contributed by atoms with Gasteiger partial charge in [-0.3, -0.25) is 4.79 Å². The van der Waals surface area contributed by atoms with Crippen LogP contribution >= 0.6 is 11.8 Å². The van der Waals surface area contributed by atoms with Crippen LogP contribution in [0.2, 0.25) is 0 Å². The highest BCUT2D eigenvalue weighted by atomic mass is 32.2. The molecule has 2 aromatic rings. The van der Waals surface area contributed by atoms with E-state index < -0.39 is 20.5 Å². The van der Waals surface area contributed by atoms with Crippen molar-refractivity contribution in [2.45, 2.75) is 28.5 Å². The summed E-state index contributed by atoms with van der Waals surface area (Å²) >= 11 is 1.59. The first-order valence-electron chi connectivity index (χ1n) is 7.67. The lowest BCUT2D eigenvalue weighted by Gasteiger charge is -2.23. The molecule has 1 aromatic carbocycles. The highest BCUT2D eigenvalue weighted by Gasteiger charge is 2.43. The zero-order valence-electron chi connectivity index (χ0n) is 14.1. The second-order valence-electron chi connectivity index (χ2n) is 5.86. The predicted octanol–water partition coefficient (Wildman–Crippen LogP) is 1.34. The van der Waals surface area contributed by atoms with Gasteiger partial charge in [-0.1, -0.05) is 29.7 Å². The standard InChI is InChI=1S/C17H19BN2O3S2/c1-17(2,25(22,23)15-9-8-13(18)12-20-15)16(21)19-10-11-24-14-6-4-3-5-7-14/h3-9,12H,10-11H2,1-2H3,(H,19,21). The maximum atomic E-state index is 12.7. The zero-order chi connectivity index (χ0) is 18.5. The predicted molar refractivity (Wildman–Crippen MR) is 101 cm³/mol. The van der Waals surface area contributed by atoms with Crippen LogP contribution in [0.4, 0.5) is 0 Å². The highest BCUT2D eigenvalue weighted by Crippen LogP contribution is 2.24. The molecule has 0 saturated carbocycles. The van der Waals surface area contributed by atoms with Gasteiger partial charge in [-0.25, -0.2) is 13.4 Å². The summed E-state index contributed by atoms with van der Waals surface area (Å²) < 4.78 is 23.8. The zero-order valence-corrected chi connectivity index (χ0v) is 15.7. The topological polar surface area (TPSA) is 76.1 Å². The fourth-order valence-electron chi connectivity index (χ4n) is 2.00. The van der Waals surface area contributed by atoms with Gasteiger partial charge in [-0.15, -0.1) is 11.8 Å². The molecule has 8 heteroatoms. The molecule has 2 rings (SSSR count). The Morgan fingerprint density at radius 2 is 1.88 bits per heavy atom. The lowest BCUT2D eigenvalue weighted by Crippen LogP contribution is -2.48. The Kier molecular flexibility index (Phi) is 6.29. The van der Waals surface area contributed by atoms with Gasteiger partial charge >= 0.3 is 0 Å². The number of carbonyl (C=O) groups is 1. The summed E-state index contributed by atoms with van der Waals surface area (Å²) in [5, 5.41) is 2.52. The van der Waals surface area contributed by atoms with E-state index in [1.807, 2.05) is 30.3 Å².